The van der Waals surface area contributed by atoms with Gasteiger partial charge in [-0.25, -0.2) is 0 Å². The maximum Gasteiger partial charge on any atom is 0.186 e. The number of hydrogen-bond donors (Lipinski definition) is 2. The Bertz CT molecular complexity index is 332. The van der Waals surface area contributed by atoms with Crippen molar-refractivity contribution in [3.63, 3.8) is 0 Å². The summed E-state index contributed by atoms with van der Waals surface area (Å²) in [5.74, 6) is 0.0417. The minimum atomic E-state index is -0.00323. The van der Waals surface area contributed by atoms with Gasteiger partial charge in [-0.15, -0.1) is 11.3 Å². The molecule has 0 amide bonds. The molecule has 0 saturated carbocycles. The molecular formula is C11H17NO3S. The summed E-state index contributed by atoms with van der Waals surface area (Å²) >= 11 is 1.47. The molecule has 0 saturated heterocycles. The van der Waals surface area contributed by atoms with E-state index in [4.69, 9.17) is 10.2 Å². The molecule has 16 heavy (non-hydrogen) atoms. The average molecular weight is 243 g/mol. The van der Waals surface area contributed by atoms with Crippen LogP contribution in [0.5, 0.6) is 0 Å². The number of nitrogens with zero attached hydrogens (tertiary/aromatic N) is 1. The van der Waals surface area contributed by atoms with E-state index in [0.717, 1.165) is 9.75 Å². The highest BCUT2D eigenvalue weighted by Crippen LogP contribution is 2.15. The Kier molecular flexibility index (Phi) is 5.62. The summed E-state index contributed by atoms with van der Waals surface area (Å²) < 4.78 is 0. The van der Waals surface area contributed by atoms with Crippen LogP contribution < -0.4 is 0 Å². The smallest absolute Gasteiger partial charge is 0.186 e. The molecule has 4 nitrogen and oxygen atoms in total. The van der Waals surface area contributed by atoms with E-state index < -0.39 is 0 Å². The number of hydrogen-bond acceptors (Lipinski definition) is 5. The molecule has 1 aromatic heterocycles. The third-order valence-electron chi connectivity index (χ3n) is 2.21. The second kappa shape index (κ2) is 6.75. The molecule has 0 unspecified atom stereocenters. The van der Waals surface area contributed by atoms with Gasteiger partial charge < -0.3 is 10.2 Å². The number of ketones is 1. The van der Waals surface area contributed by atoms with Gasteiger partial charge in [0.05, 0.1) is 24.6 Å². The fourth-order valence-electron chi connectivity index (χ4n) is 1.42. The summed E-state index contributed by atoms with van der Waals surface area (Å²) in [7, 11) is 0. The number of carbonyl (C=O) groups is 1. The molecule has 5 heteroatoms. The van der Waals surface area contributed by atoms with Crippen molar-refractivity contribution in [2.75, 3.05) is 32.8 Å². The summed E-state index contributed by atoms with van der Waals surface area (Å²) in [4.78, 5) is 15.4. The topological polar surface area (TPSA) is 60.8 Å². The van der Waals surface area contributed by atoms with Crippen LogP contribution in [0.2, 0.25) is 0 Å². The van der Waals surface area contributed by atoms with Gasteiger partial charge in [-0.1, -0.05) is 0 Å². The monoisotopic (exact) mass is 243 g/mol. The zero-order valence-corrected chi connectivity index (χ0v) is 10.2. The number of aliphatic hydroxyl groups is 2. The standard InChI is InChI=1S/C11H17NO3S/c1-9-2-3-11(16-9)10(15)8-12(4-6-13)5-7-14/h2-3,13-14H,4-8H2,1H3. The van der Waals surface area contributed by atoms with Crippen molar-refractivity contribution >= 4 is 17.1 Å². The Morgan fingerprint density at radius 3 is 2.38 bits per heavy atom. The number of Topliss-reactive ketones (excluding diaryl/α,β-unsaturated/α-hetero) is 1. The quantitative estimate of drug-likeness (QED) is 0.686. The minimum absolute atomic E-state index is 0.00323. The van der Waals surface area contributed by atoms with E-state index >= 15 is 0 Å². The van der Waals surface area contributed by atoms with Crippen molar-refractivity contribution in [2.45, 2.75) is 6.92 Å². The van der Waals surface area contributed by atoms with Gasteiger partial charge >= 0.3 is 0 Å². The summed E-state index contributed by atoms with van der Waals surface area (Å²) in [6.07, 6.45) is 0. The molecule has 0 aliphatic heterocycles. The van der Waals surface area contributed by atoms with E-state index in [1.165, 1.54) is 11.3 Å². The maximum absolute atomic E-state index is 11.8. The van der Waals surface area contributed by atoms with Crippen molar-refractivity contribution in [3.05, 3.63) is 21.9 Å². The first kappa shape index (κ1) is 13.3. The summed E-state index contributed by atoms with van der Waals surface area (Å²) in [5, 5.41) is 17.6. The average Bonchev–Trinajstić information content (AvgIpc) is 2.65. The van der Waals surface area contributed by atoms with Gasteiger partial charge in [0, 0.05) is 18.0 Å². The van der Waals surface area contributed by atoms with Gasteiger partial charge in [0.25, 0.3) is 0 Å². The predicted octanol–water partition coefficient (Wildman–Crippen LogP) is 0.526. The van der Waals surface area contributed by atoms with E-state index in [0.29, 0.717) is 13.1 Å². The lowest BCUT2D eigenvalue weighted by atomic mass is 10.3. The van der Waals surface area contributed by atoms with Crippen molar-refractivity contribution in [3.8, 4) is 0 Å². The zero-order chi connectivity index (χ0) is 12.0. The largest absolute Gasteiger partial charge is 0.395 e. The van der Waals surface area contributed by atoms with E-state index in [1.807, 2.05) is 19.1 Å². The van der Waals surface area contributed by atoms with Gasteiger partial charge in [-0.3, -0.25) is 9.69 Å². The van der Waals surface area contributed by atoms with Gasteiger partial charge in [-0.2, -0.15) is 0 Å². The van der Waals surface area contributed by atoms with Crippen molar-refractivity contribution in [2.24, 2.45) is 0 Å². The van der Waals surface area contributed by atoms with Crippen LogP contribution in [0.3, 0.4) is 0 Å². The van der Waals surface area contributed by atoms with E-state index in [2.05, 4.69) is 0 Å². The Morgan fingerprint density at radius 2 is 1.94 bits per heavy atom. The second-order valence-electron chi connectivity index (χ2n) is 3.56. The predicted molar refractivity (Wildman–Crippen MR) is 64.0 cm³/mol. The van der Waals surface area contributed by atoms with Crippen LogP contribution in [0.4, 0.5) is 0 Å². The first-order valence-corrected chi connectivity index (χ1v) is 6.02. The molecule has 0 atom stereocenters. The van der Waals surface area contributed by atoms with Gasteiger partial charge in [0.2, 0.25) is 0 Å². The lowest BCUT2D eigenvalue weighted by molar-refractivity contribution is 0.0898. The summed E-state index contributed by atoms with van der Waals surface area (Å²) in [5.41, 5.74) is 0. The van der Waals surface area contributed by atoms with Gasteiger partial charge in [0.1, 0.15) is 0 Å². The Balaban J connectivity index is 2.54. The summed E-state index contributed by atoms with van der Waals surface area (Å²) in [6.45, 7) is 3.03. The lowest BCUT2D eigenvalue weighted by Gasteiger charge is -2.18. The van der Waals surface area contributed by atoms with Crippen LogP contribution in [-0.4, -0.2) is 53.7 Å². The number of carbonyl (C=O) groups excluding carboxylic acids is 1. The molecule has 1 aromatic rings. The van der Waals surface area contributed by atoms with Crippen LogP contribution in [-0.2, 0) is 0 Å². The number of thiophene rings is 1. The highest BCUT2D eigenvalue weighted by molar-refractivity contribution is 7.14. The highest BCUT2D eigenvalue weighted by atomic mass is 32.1. The lowest BCUT2D eigenvalue weighted by Crippen LogP contribution is -2.34. The van der Waals surface area contributed by atoms with Crippen LogP contribution in [0, 0.1) is 6.92 Å². The first-order chi connectivity index (χ1) is 7.67. The van der Waals surface area contributed by atoms with Crippen LogP contribution in [0.15, 0.2) is 12.1 Å². The Morgan fingerprint density at radius 1 is 1.31 bits per heavy atom. The van der Waals surface area contributed by atoms with E-state index in [-0.39, 0.29) is 25.5 Å². The molecule has 0 aliphatic rings. The second-order valence-corrected chi connectivity index (χ2v) is 4.84. The molecule has 1 rings (SSSR count). The molecule has 90 valence electrons. The van der Waals surface area contributed by atoms with E-state index in [1.54, 1.807) is 4.90 Å². The molecule has 0 radical (unpaired) electrons. The Hall–Kier alpha value is -0.750. The van der Waals surface area contributed by atoms with Gasteiger partial charge in [0.15, 0.2) is 5.78 Å². The Labute approximate surface area is 99.1 Å². The van der Waals surface area contributed by atoms with Gasteiger partial charge in [-0.05, 0) is 19.1 Å². The van der Waals surface area contributed by atoms with Crippen molar-refractivity contribution < 1.29 is 15.0 Å². The maximum atomic E-state index is 11.8. The zero-order valence-electron chi connectivity index (χ0n) is 9.35. The SMILES string of the molecule is Cc1ccc(C(=O)CN(CCO)CCO)s1. The number of rotatable bonds is 7. The van der Waals surface area contributed by atoms with Crippen molar-refractivity contribution in [1.82, 2.24) is 4.90 Å². The summed E-state index contributed by atoms with van der Waals surface area (Å²) in [6, 6.07) is 3.73. The molecule has 2 N–H and O–H groups in total. The van der Waals surface area contributed by atoms with Crippen LogP contribution in [0.25, 0.3) is 0 Å². The van der Waals surface area contributed by atoms with Crippen LogP contribution in [0.1, 0.15) is 14.5 Å². The fourth-order valence-corrected chi connectivity index (χ4v) is 2.22. The molecule has 0 spiro atoms. The molecule has 0 aliphatic carbocycles. The first-order valence-electron chi connectivity index (χ1n) is 5.21. The fraction of sp³-hybridized carbons (Fsp3) is 0.545. The molecule has 1 heterocycles. The third-order valence-corrected chi connectivity index (χ3v) is 3.26. The molecule has 0 bridgehead atoms. The number of aliphatic hydroxyl groups excluding tert-OH is 2. The molecule has 0 aromatic carbocycles. The minimum Gasteiger partial charge on any atom is -0.395 e. The molecule has 0 fully saturated rings. The normalized spacial score (nSPS) is 11.0. The number of aryl methyl sites for hydroxylation is 1. The third kappa shape index (κ3) is 4.02. The van der Waals surface area contributed by atoms with E-state index in [9.17, 15) is 4.79 Å². The molecular weight excluding hydrogens is 226 g/mol. The van der Waals surface area contributed by atoms with Crippen molar-refractivity contribution in [1.29, 1.82) is 0 Å². The highest BCUT2D eigenvalue weighted by Gasteiger charge is 2.13. The van der Waals surface area contributed by atoms with Crippen LogP contribution >= 0.6 is 11.3 Å².